The summed E-state index contributed by atoms with van der Waals surface area (Å²) < 4.78 is 19.4. The number of rotatable bonds is 3. The number of carbonyl (C=O) groups excluding carboxylic acids is 1. The first kappa shape index (κ1) is 26.6. The maximum atomic E-state index is 12.6. The molecule has 2 N–H and O–H groups in total. The predicted octanol–water partition coefficient (Wildman–Crippen LogP) is 6.33. The zero-order valence-electron chi connectivity index (χ0n) is 24.3. The van der Waals surface area contributed by atoms with Gasteiger partial charge in [0, 0.05) is 12.3 Å². The Morgan fingerprint density at radius 1 is 0.946 bits per heavy atom. The Kier molecular flexibility index (Phi) is 6.60. The number of fused-ring (bicyclic) bond motifs is 7. The van der Waals surface area contributed by atoms with Crippen molar-refractivity contribution in [2.45, 2.75) is 130 Å². The molecule has 2 saturated heterocycles. The van der Waals surface area contributed by atoms with Gasteiger partial charge in [0.2, 0.25) is 0 Å². The van der Waals surface area contributed by atoms with Crippen LogP contribution in [0.1, 0.15) is 106 Å². The first-order valence-electron chi connectivity index (χ1n) is 15.8. The summed E-state index contributed by atoms with van der Waals surface area (Å²) in [6.07, 6.45) is 12.5. The van der Waals surface area contributed by atoms with E-state index in [1.807, 2.05) is 13.8 Å². The molecule has 0 aromatic rings. The van der Waals surface area contributed by atoms with Crippen molar-refractivity contribution in [3.63, 3.8) is 0 Å². The monoisotopic (exact) mass is 515 g/mol. The van der Waals surface area contributed by atoms with Crippen molar-refractivity contribution < 1.29 is 19.0 Å². The number of hydrogen-bond donors (Lipinski definition) is 1. The molecule has 0 radical (unpaired) electrons. The predicted molar refractivity (Wildman–Crippen MR) is 144 cm³/mol. The van der Waals surface area contributed by atoms with Gasteiger partial charge >= 0.3 is 5.97 Å². The van der Waals surface area contributed by atoms with Crippen LogP contribution in [0, 0.1) is 58.2 Å². The average molecular weight is 516 g/mol. The lowest BCUT2D eigenvalue weighted by molar-refractivity contribution is -0.273. The van der Waals surface area contributed by atoms with Gasteiger partial charge in [0.15, 0.2) is 5.79 Å². The molecule has 0 aromatic heterocycles. The van der Waals surface area contributed by atoms with E-state index in [1.165, 1.54) is 44.9 Å². The standard InChI is InChI=1S/C32H53NO4/c1-18(2)28(33)29(34)36-22-10-12-30(5)21(15-22)7-8-23-24(30)11-13-31(6)25(23)16-26-27(31)20(4)32(37-26)14-9-19(3)17-35-32/h18-28H,7-17,33H2,1-6H3/t19-,20-,21?,22-,23?,24?,25?,26?,27?,28?,30-,31-,32+/m0/s1. The van der Waals surface area contributed by atoms with Gasteiger partial charge in [-0.25, -0.2) is 0 Å². The van der Waals surface area contributed by atoms with Crippen LogP contribution in [-0.2, 0) is 19.0 Å². The second-order valence-electron chi connectivity index (χ2n) is 15.3. The molecule has 210 valence electrons. The van der Waals surface area contributed by atoms with Crippen LogP contribution in [0.4, 0.5) is 0 Å². The highest BCUT2D eigenvalue weighted by molar-refractivity contribution is 5.75. The van der Waals surface area contributed by atoms with Gasteiger partial charge in [0.25, 0.3) is 0 Å². The SMILES string of the molecule is CC(C)C(N)C(=O)O[C@H]1CC[C@@]2(C)C(CCC3C2CC[C@@]2(C)C3CC3O[C@]4(CC[C@H](C)CO4)[C@@H](C)C32)C1. The van der Waals surface area contributed by atoms with E-state index in [1.54, 1.807) is 0 Å². The van der Waals surface area contributed by atoms with Gasteiger partial charge in [-0.1, -0.05) is 41.5 Å². The zero-order chi connectivity index (χ0) is 26.3. The smallest absolute Gasteiger partial charge is 0.323 e. The first-order valence-corrected chi connectivity index (χ1v) is 15.8. The second kappa shape index (κ2) is 9.20. The Morgan fingerprint density at radius 2 is 1.70 bits per heavy atom. The summed E-state index contributed by atoms with van der Waals surface area (Å²) in [4.78, 5) is 12.6. The highest BCUT2D eigenvalue weighted by atomic mass is 16.7. The zero-order valence-corrected chi connectivity index (χ0v) is 24.3. The summed E-state index contributed by atoms with van der Waals surface area (Å²) in [5.41, 5.74) is 6.85. The fourth-order valence-electron chi connectivity index (χ4n) is 10.9. The second-order valence-corrected chi connectivity index (χ2v) is 15.3. The van der Waals surface area contributed by atoms with Crippen LogP contribution in [0.3, 0.4) is 0 Å². The minimum Gasteiger partial charge on any atom is -0.461 e. The van der Waals surface area contributed by atoms with Gasteiger partial charge in [-0.05, 0) is 110 Å². The lowest BCUT2D eigenvalue weighted by Crippen LogP contribution is -2.55. The highest BCUT2D eigenvalue weighted by Crippen LogP contribution is 2.71. The van der Waals surface area contributed by atoms with Gasteiger partial charge < -0.3 is 19.9 Å². The van der Waals surface area contributed by atoms with Crippen molar-refractivity contribution >= 4 is 5.97 Å². The van der Waals surface area contributed by atoms with Crippen molar-refractivity contribution in [1.82, 2.24) is 0 Å². The fraction of sp³-hybridized carbons (Fsp3) is 0.969. The van der Waals surface area contributed by atoms with Gasteiger partial charge in [0.05, 0.1) is 12.7 Å². The molecule has 4 aliphatic carbocycles. The number of carbonyl (C=O) groups is 1. The molecular formula is C32H53NO4. The lowest BCUT2D eigenvalue weighted by Gasteiger charge is -2.61. The minimum absolute atomic E-state index is 0.0512. The van der Waals surface area contributed by atoms with E-state index in [2.05, 4.69) is 27.7 Å². The minimum atomic E-state index is -0.506. The van der Waals surface area contributed by atoms with E-state index in [9.17, 15) is 4.79 Å². The Balaban J connectivity index is 1.15. The molecular weight excluding hydrogens is 462 g/mol. The van der Waals surface area contributed by atoms with Crippen LogP contribution >= 0.6 is 0 Å². The molecule has 5 heteroatoms. The van der Waals surface area contributed by atoms with Crippen LogP contribution in [-0.4, -0.2) is 36.6 Å². The quantitative estimate of drug-likeness (QED) is 0.445. The summed E-state index contributed by atoms with van der Waals surface area (Å²) in [7, 11) is 0. The summed E-state index contributed by atoms with van der Waals surface area (Å²) >= 11 is 0. The number of ether oxygens (including phenoxy) is 3. The maximum absolute atomic E-state index is 12.6. The Bertz CT molecular complexity index is 882. The lowest BCUT2D eigenvalue weighted by atomic mass is 9.44. The van der Waals surface area contributed by atoms with E-state index in [0.717, 1.165) is 43.6 Å². The number of hydrogen-bond acceptors (Lipinski definition) is 5. The largest absolute Gasteiger partial charge is 0.461 e. The molecule has 6 aliphatic rings. The van der Waals surface area contributed by atoms with Gasteiger partial charge in [-0.3, -0.25) is 4.79 Å². The molecule has 5 nitrogen and oxygen atoms in total. The van der Waals surface area contributed by atoms with Crippen LogP contribution in [0.25, 0.3) is 0 Å². The third-order valence-corrected chi connectivity index (χ3v) is 13.2. The molecule has 0 bridgehead atoms. The molecule has 6 rings (SSSR count). The van der Waals surface area contributed by atoms with E-state index < -0.39 is 6.04 Å². The van der Waals surface area contributed by atoms with Crippen molar-refractivity contribution in [3.05, 3.63) is 0 Å². The van der Waals surface area contributed by atoms with E-state index in [4.69, 9.17) is 19.9 Å². The topological polar surface area (TPSA) is 70.8 Å². The maximum Gasteiger partial charge on any atom is 0.323 e. The van der Waals surface area contributed by atoms with Crippen molar-refractivity contribution in [2.24, 2.45) is 63.9 Å². The van der Waals surface area contributed by atoms with Crippen LogP contribution in [0.5, 0.6) is 0 Å². The van der Waals surface area contributed by atoms with Gasteiger partial charge in [0.1, 0.15) is 12.1 Å². The molecule has 1 spiro atoms. The Morgan fingerprint density at radius 3 is 2.41 bits per heavy atom. The van der Waals surface area contributed by atoms with Gasteiger partial charge in [-0.2, -0.15) is 0 Å². The van der Waals surface area contributed by atoms with Crippen LogP contribution in [0.2, 0.25) is 0 Å². The average Bonchev–Trinajstić information content (AvgIpc) is 3.30. The van der Waals surface area contributed by atoms with E-state index in [-0.39, 0.29) is 23.8 Å². The Hall–Kier alpha value is -0.650. The third kappa shape index (κ3) is 3.98. The molecule has 6 fully saturated rings. The molecule has 2 heterocycles. The molecule has 4 saturated carbocycles. The summed E-state index contributed by atoms with van der Waals surface area (Å²) in [5, 5.41) is 0. The Labute approximate surface area is 225 Å². The number of esters is 1. The van der Waals surface area contributed by atoms with E-state index in [0.29, 0.717) is 40.6 Å². The number of nitrogens with two attached hydrogens (primary N) is 1. The summed E-state index contributed by atoms with van der Waals surface area (Å²) in [6.45, 7) is 14.8. The fourth-order valence-corrected chi connectivity index (χ4v) is 10.9. The van der Waals surface area contributed by atoms with Crippen molar-refractivity contribution in [3.8, 4) is 0 Å². The molecule has 13 atom stereocenters. The third-order valence-electron chi connectivity index (χ3n) is 13.2. The molecule has 2 aliphatic heterocycles. The molecule has 37 heavy (non-hydrogen) atoms. The molecule has 0 amide bonds. The van der Waals surface area contributed by atoms with Gasteiger partial charge in [-0.15, -0.1) is 0 Å². The van der Waals surface area contributed by atoms with E-state index >= 15 is 0 Å². The molecule has 7 unspecified atom stereocenters. The highest BCUT2D eigenvalue weighted by Gasteiger charge is 2.69. The summed E-state index contributed by atoms with van der Waals surface area (Å²) in [6, 6.07) is -0.506. The van der Waals surface area contributed by atoms with Crippen LogP contribution in [0.15, 0.2) is 0 Å². The molecule has 0 aromatic carbocycles. The normalized spacial score (nSPS) is 53.8. The first-order chi connectivity index (χ1) is 17.5. The van der Waals surface area contributed by atoms with Crippen molar-refractivity contribution in [2.75, 3.05) is 6.61 Å². The summed E-state index contributed by atoms with van der Waals surface area (Å²) in [5.74, 6) is 4.44. The van der Waals surface area contributed by atoms with Crippen molar-refractivity contribution in [1.29, 1.82) is 0 Å². The van der Waals surface area contributed by atoms with Crippen LogP contribution < -0.4 is 5.73 Å².